The molecule has 0 spiro atoms. The molecule has 2 aromatic rings. The lowest BCUT2D eigenvalue weighted by Crippen LogP contribution is -2.40. The van der Waals surface area contributed by atoms with Gasteiger partial charge in [0.05, 0.1) is 5.69 Å². The highest BCUT2D eigenvalue weighted by Gasteiger charge is 2.07. The second kappa shape index (κ2) is 6.75. The van der Waals surface area contributed by atoms with E-state index in [1.165, 1.54) is 0 Å². The Morgan fingerprint density at radius 2 is 2.05 bits per heavy atom. The summed E-state index contributed by atoms with van der Waals surface area (Å²) in [5.74, 6) is 0.604. The number of nitrogens with one attached hydrogen (secondary N) is 2. The molecular formula is C15H19N3O2. The molecule has 20 heavy (non-hydrogen) atoms. The Bertz CT molecular complexity index is 549. The number of nitrogens with zero attached hydrogens (tertiary/aromatic N) is 1. The number of carbonyl (C=O) groups excluding carboxylic acids is 1. The lowest BCUT2D eigenvalue weighted by atomic mass is 10.2. The molecule has 1 aromatic carbocycles. The number of amides is 2. The first-order valence-electron chi connectivity index (χ1n) is 6.69. The van der Waals surface area contributed by atoms with Crippen molar-refractivity contribution in [1.82, 2.24) is 15.6 Å². The van der Waals surface area contributed by atoms with Crippen molar-refractivity contribution in [1.29, 1.82) is 0 Å². The summed E-state index contributed by atoms with van der Waals surface area (Å²) in [5.41, 5.74) is 1.78. The molecule has 5 heteroatoms. The molecule has 2 N–H and O–H groups in total. The van der Waals surface area contributed by atoms with Crippen LogP contribution in [-0.4, -0.2) is 23.6 Å². The Kier molecular flexibility index (Phi) is 4.76. The summed E-state index contributed by atoms with van der Waals surface area (Å²) in [7, 11) is 0. The molecule has 5 nitrogen and oxygen atoms in total. The van der Waals surface area contributed by atoms with Gasteiger partial charge in [0.1, 0.15) is 6.26 Å². The van der Waals surface area contributed by atoms with E-state index in [9.17, 15) is 4.79 Å². The van der Waals surface area contributed by atoms with Gasteiger partial charge < -0.3 is 15.1 Å². The molecule has 0 saturated heterocycles. The van der Waals surface area contributed by atoms with Gasteiger partial charge in [-0.15, -0.1) is 0 Å². The van der Waals surface area contributed by atoms with E-state index in [4.69, 9.17) is 4.42 Å². The molecule has 2 rings (SSSR count). The molecule has 0 unspecified atom stereocenters. The van der Waals surface area contributed by atoms with Crippen LogP contribution >= 0.6 is 0 Å². The molecule has 0 fully saturated rings. The SMILES string of the molecule is CC(C)NC(=O)NCCc1coc(-c2ccccc2)n1. The third-order valence-electron chi connectivity index (χ3n) is 2.66. The number of urea groups is 1. The molecule has 0 aliphatic rings. The van der Waals surface area contributed by atoms with Gasteiger partial charge in [-0.2, -0.15) is 0 Å². The average Bonchev–Trinajstić information content (AvgIpc) is 2.88. The van der Waals surface area contributed by atoms with E-state index in [0.29, 0.717) is 18.9 Å². The molecule has 0 aliphatic carbocycles. The van der Waals surface area contributed by atoms with Crippen molar-refractivity contribution >= 4 is 6.03 Å². The van der Waals surface area contributed by atoms with Crippen LogP contribution in [-0.2, 0) is 6.42 Å². The van der Waals surface area contributed by atoms with Crippen molar-refractivity contribution in [3.8, 4) is 11.5 Å². The Labute approximate surface area is 118 Å². The summed E-state index contributed by atoms with van der Waals surface area (Å²) in [6, 6.07) is 9.70. The largest absolute Gasteiger partial charge is 0.444 e. The van der Waals surface area contributed by atoms with E-state index in [-0.39, 0.29) is 12.1 Å². The van der Waals surface area contributed by atoms with Gasteiger partial charge in [0.2, 0.25) is 5.89 Å². The van der Waals surface area contributed by atoms with E-state index in [2.05, 4.69) is 15.6 Å². The van der Waals surface area contributed by atoms with Crippen molar-refractivity contribution in [3.05, 3.63) is 42.3 Å². The maximum absolute atomic E-state index is 11.4. The fourth-order valence-electron chi connectivity index (χ4n) is 1.75. The zero-order chi connectivity index (χ0) is 14.4. The second-order valence-electron chi connectivity index (χ2n) is 4.81. The van der Waals surface area contributed by atoms with Gasteiger partial charge in [-0.25, -0.2) is 9.78 Å². The van der Waals surface area contributed by atoms with Gasteiger partial charge in [0.15, 0.2) is 0 Å². The van der Waals surface area contributed by atoms with Gasteiger partial charge in [-0.05, 0) is 26.0 Å². The summed E-state index contributed by atoms with van der Waals surface area (Å²) in [6.07, 6.45) is 2.27. The highest BCUT2D eigenvalue weighted by Crippen LogP contribution is 2.17. The second-order valence-corrected chi connectivity index (χ2v) is 4.81. The van der Waals surface area contributed by atoms with Crippen molar-refractivity contribution in [2.75, 3.05) is 6.54 Å². The predicted molar refractivity (Wildman–Crippen MR) is 77.3 cm³/mol. The average molecular weight is 273 g/mol. The van der Waals surface area contributed by atoms with Crippen molar-refractivity contribution in [2.45, 2.75) is 26.3 Å². The van der Waals surface area contributed by atoms with Crippen LogP contribution in [0.25, 0.3) is 11.5 Å². The third kappa shape index (κ3) is 4.12. The maximum atomic E-state index is 11.4. The smallest absolute Gasteiger partial charge is 0.314 e. The number of hydrogen-bond donors (Lipinski definition) is 2. The minimum atomic E-state index is -0.160. The van der Waals surface area contributed by atoms with Gasteiger partial charge in [-0.1, -0.05) is 18.2 Å². The number of benzene rings is 1. The molecule has 0 aliphatic heterocycles. The maximum Gasteiger partial charge on any atom is 0.314 e. The topological polar surface area (TPSA) is 67.2 Å². The van der Waals surface area contributed by atoms with Crippen LogP contribution < -0.4 is 10.6 Å². The third-order valence-corrected chi connectivity index (χ3v) is 2.66. The lowest BCUT2D eigenvalue weighted by Gasteiger charge is -2.08. The van der Waals surface area contributed by atoms with Crippen LogP contribution in [0.3, 0.4) is 0 Å². The Balaban J connectivity index is 1.83. The van der Waals surface area contributed by atoms with Crippen molar-refractivity contribution < 1.29 is 9.21 Å². The molecule has 1 heterocycles. The number of hydrogen-bond acceptors (Lipinski definition) is 3. The van der Waals surface area contributed by atoms with Crippen molar-refractivity contribution in [3.63, 3.8) is 0 Å². The minimum Gasteiger partial charge on any atom is -0.444 e. The van der Waals surface area contributed by atoms with Crippen LogP contribution in [0.15, 0.2) is 41.0 Å². The highest BCUT2D eigenvalue weighted by molar-refractivity contribution is 5.74. The van der Waals surface area contributed by atoms with Gasteiger partial charge >= 0.3 is 6.03 Å². The summed E-state index contributed by atoms with van der Waals surface area (Å²) in [5, 5.41) is 5.55. The number of carbonyl (C=O) groups is 1. The summed E-state index contributed by atoms with van der Waals surface area (Å²) < 4.78 is 5.43. The number of oxazole rings is 1. The first-order valence-corrected chi connectivity index (χ1v) is 6.69. The zero-order valence-corrected chi connectivity index (χ0v) is 11.7. The molecule has 0 atom stereocenters. The summed E-state index contributed by atoms with van der Waals surface area (Å²) in [4.78, 5) is 15.8. The highest BCUT2D eigenvalue weighted by atomic mass is 16.3. The van der Waals surface area contributed by atoms with Crippen LogP contribution in [0, 0.1) is 0 Å². The standard InChI is InChI=1S/C15H19N3O2/c1-11(2)17-15(19)16-9-8-13-10-20-14(18-13)12-6-4-3-5-7-12/h3-7,10-11H,8-9H2,1-2H3,(H2,16,17,19). The normalized spacial score (nSPS) is 10.6. The van der Waals surface area contributed by atoms with Crippen LogP contribution in [0.5, 0.6) is 0 Å². The fraction of sp³-hybridized carbons (Fsp3) is 0.333. The Morgan fingerprint density at radius 3 is 2.75 bits per heavy atom. The molecule has 106 valence electrons. The van der Waals surface area contributed by atoms with Gasteiger partial charge in [-0.3, -0.25) is 0 Å². The molecule has 0 saturated carbocycles. The van der Waals surface area contributed by atoms with E-state index in [1.807, 2.05) is 44.2 Å². The molecule has 1 aromatic heterocycles. The molecule has 0 radical (unpaired) electrons. The van der Waals surface area contributed by atoms with E-state index in [0.717, 1.165) is 11.3 Å². The molecular weight excluding hydrogens is 254 g/mol. The van der Waals surface area contributed by atoms with Crippen molar-refractivity contribution in [2.24, 2.45) is 0 Å². The fourth-order valence-corrected chi connectivity index (χ4v) is 1.75. The first kappa shape index (κ1) is 14.1. The van der Waals surface area contributed by atoms with Crippen LogP contribution in [0.4, 0.5) is 4.79 Å². The predicted octanol–water partition coefficient (Wildman–Crippen LogP) is 2.59. The minimum absolute atomic E-state index is 0.131. The van der Waals surface area contributed by atoms with Crippen LogP contribution in [0.2, 0.25) is 0 Å². The Hall–Kier alpha value is -2.30. The van der Waals surface area contributed by atoms with Gasteiger partial charge in [0, 0.05) is 24.6 Å². The van der Waals surface area contributed by atoms with E-state index in [1.54, 1.807) is 6.26 Å². The summed E-state index contributed by atoms with van der Waals surface area (Å²) in [6.45, 7) is 4.37. The van der Waals surface area contributed by atoms with E-state index >= 15 is 0 Å². The quantitative estimate of drug-likeness (QED) is 0.880. The summed E-state index contributed by atoms with van der Waals surface area (Å²) >= 11 is 0. The monoisotopic (exact) mass is 273 g/mol. The van der Waals surface area contributed by atoms with Crippen LogP contribution in [0.1, 0.15) is 19.5 Å². The number of aromatic nitrogens is 1. The lowest BCUT2D eigenvalue weighted by molar-refractivity contribution is 0.238. The Morgan fingerprint density at radius 1 is 1.30 bits per heavy atom. The number of rotatable bonds is 5. The zero-order valence-electron chi connectivity index (χ0n) is 11.7. The molecule has 0 bridgehead atoms. The molecule has 2 amide bonds. The first-order chi connectivity index (χ1) is 9.65. The van der Waals surface area contributed by atoms with E-state index < -0.39 is 0 Å². The van der Waals surface area contributed by atoms with Gasteiger partial charge in [0.25, 0.3) is 0 Å².